The summed E-state index contributed by atoms with van der Waals surface area (Å²) >= 11 is 6.14. The van der Waals surface area contributed by atoms with Crippen LogP contribution in [0.2, 0.25) is 0 Å². The topological polar surface area (TPSA) is 92.7 Å². The Bertz CT molecular complexity index is 1020. The van der Waals surface area contributed by atoms with E-state index >= 15 is 0 Å². The number of ether oxygens (including phenoxy) is 1. The van der Waals surface area contributed by atoms with Crippen LogP contribution in [0.4, 0.5) is 0 Å². The van der Waals surface area contributed by atoms with E-state index in [2.05, 4.69) is 4.72 Å². The summed E-state index contributed by atoms with van der Waals surface area (Å²) in [6.45, 7) is 5.71. The number of nitrogens with one attached hydrogen (secondary N) is 1. The minimum Gasteiger partial charge on any atom is -0.459 e. The molecule has 0 spiro atoms. The molecule has 0 radical (unpaired) electrons. The molecule has 2 aromatic rings. The fourth-order valence-corrected chi connectivity index (χ4v) is 5.13. The number of aryl methyl sites for hydroxylation is 1. The summed E-state index contributed by atoms with van der Waals surface area (Å²) in [5, 5.41) is 8.96. The van der Waals surface area contributed by atoms with Crippen molar-refractivity contribution in [2.45, 2.75) is 62.1 Å². The number of alkyl halides is 1. The molecule has 1 aliphatic carbocycles. The van der Waals surface area contributed by atoms with E-state index in [4.69, 9.17) is 16.3 Å². The van der Waals surface area contributed by atoms with Gasteiger partial charge in [0, 0.05) is 6.42 Å². The smallest absolute Gasteiger partial charge is 0.327 e. The van der Waals surface area contributed by atoms with E-state index in [1.54, 1.807) is 12.1 Å². The predicted octanol–water partition coefficient (Wildman–Crippen LogP) is 3.50. The van der Waals surface area contributed by atoms with Gasteiger partial charge in [0.05, 0.1) is 17.0 Å². The summed E-state index contributed by atoms with van der Waals surface area (Å²) in [6, 6.07) is 13.1. The van der Waals surface area contributed by atoms with Crippen molar-refractivity contribution < 1.29 is 23.1 Å². The lowest BCUT2D eigenvalue weighted by molar-refractivity contribution is -0.151. The zero-order valence-corrected chi connectivity index (χ0v) is 19.4. The highest BCUT2D eigenvalue weighted by atomic mass is 35.5. The van der Waals surface area contributed by atoms with Crippen LogP contribution < -0.4 is 4.72 Å². The number of hydrogen-bond donors (Lipinski definition) is 2. The maximum absolute atomic E-state index is 13.0. The van der Waals surface area contributed by atoms with Crippen LogP contribution in [0.5, 0.6) is 0 Å². The molecule has 0 fully saturated rings. The van der Waals surface area contributed by atoms with Gasteiger partial charge in [0.25, 0.3) is 0 Å². The van der Waals surface area contributed by atoms with E-state index in [0.717, 1.165) is 16.7 Å². The lowest BCUT2D eigenvalue weighted by Gasteiger charge is -2.24. The third-order valence-corrected chi connectivity index (χ3v) is 7.27. The zero-order valence-electron chi connectivity index (χ0n) is 17.8. The first kappa shape index (κ1) is 23.7. The Labute approximate surface area is 188 Å². The minimum atomic E-state index is -3.85. The van der Waals surface area contributed by atoms with Gasteiger partial charge < -0.3 is 9.84 Å². The fraction of sp³-hybridized carbons (Fsp3) is 0.435. The molecular weight excluding hydrogens is 438 g/mol. The van der Waals surface area contributed by atoms with Crippen molar-refractivity contribution in [2.24, 2.45) is 5.92 Å². The predicted molar refractivity (Wildman–Crippen MR) is 119 cm³/mol. The number of rotatable bonds is 8. The molecule has 1 aliphatic rings. The van der Waals surface area contributed by atoms with Gasteiger partial charge in [-0.2, -0.15) is 4.72 Å². The van der Waals surface area contributed by atoms with Crippen molar-refractivity contribution in [1.29, 1.82) is 0 Å². The second-order valence-electron chi connectivity index (χ2n) is 8.39. The molecule has 2 aromatic carbocycles. The van der Waals surface area contributed by atoms with Crippen LogP contribution in [0.25, 0.3) is 0 Å². The van der Waals surface area contributed by atoms with Crippen LogP contribution in [-0.4, -0.2) is 37.1 Å². The lowest BCUT2D eigenvalue weighted by Crippen LogP contribution is -2.40. The summed E-state index contributed by atoms with van der Waals surface area (Å²) in [6.07, 6.45) is -1.09. The van der Waals surface area contributed by atoms with Gasteiger partial charge in [-0.05, 0) is 42.5 Å². The van der Waals surface area contributed by atoms with Crippen molar-refractivity contribution in [3.8, 4) is 0 Å². The van der Waals surface area contributed by atoms with Gasteiger partial charge in [0.1, 0.15) is 6.10 Å². The SMILES string of the molecule is Cc1ccc(S(=O)(=O)N[C@@H]2c3ccccc3C[C@@H]2OC(=O)[C@H](Cl)[C@H](O)CC(C)C)cc1. The molecule has 0 amide bonds. The van der Waals surface area contributed by atoms with Crippen LogP contribution in [-0.2, 0) is 26.0 Å². The molecular formula is C23H28ClNO5S. The second-order valence-corrected chi connectivity index (χ2v) is 10.6. The Morgan fingerprint density at radius 2 is 1.84 bits per heavy atom. The molecule has 0 aromatic heterocycles. The summed E-state index contributed by atoms with van der Waals surface area (Å²) in [7, 11) is -3.85. The molecule has 31 heavy (non-hydrogen) atoms. The average molecular weight is 466 g/mol. The number of esters is 1. The first-order valence-electron chi connectivity index (χ1n) is 10.3. The first-order valence-corrected chi connectivity index (χ1v) is 12.2. The van der Waals surface area contributed by atoms with Crippen molar-refractivity contribution in [2.75, 3.05) is 0 Å². The molecule has 0 saturated heterocycles. The highest BCUT2D eigenvalue weighted by molar-refractivity contribution is 7.89. The zero-order chi connectivity index (χ0) is 22.8. The van der Waals surface area contributed by atoms with E-state index in [-0.39, 0.29) is 10.8 Å². The van der Waals surface area contributed by atoms with E-state index in [1.807, 2.05) is 45.0 Å². The largest absolute Gasteiger partial charge is 0.459 e. The highest BCUT2D eigenvalue weighted by Gasteiger charge is 2.39. The molecule has 0 unspecified atom stereocenters. The molecule has 3 rings (SSSR count). The van der Waals surface area contributed by atoms with Crippen molar-refractivity contribution >= 4 is 27.6 Å². The Kier molecular flexibility index (Phi) is 7.42. The summed E-state index contributed by atoms with van der Waals surface area (Å²) in [5.74, 6) is -0.596. The normalized spacial score (nSPS) is 20.3. The van der Waals surface area contributed by atoms with Gasteiger partial charge in [-0.3, -0.25) is 4.79 Å². The molecule has 2 N–H and O–H groups in total. The van der Waals surface area contributed by atoms with E-state index in [9.17, 15) is 18.3 Å². The van der Waals surface area contributed by atoms with Gasteiger partial charge in [0.15, 0.2) is 5.38 Å². The Balaban J connectivity index is 1.82. The van der Waals surface area contributed by atoms with Crippen molar-refractivity contribution in [3.05, 3.63) is 65.2 Å². The lowest BCUT2D eigenvalue weighted by atomic mass is 10.0. The Hall–Kier alpha value is -1.93. The third kappa shape index (κ3) is 5.66. The number of aliphatic hydroxyl groups is 1. The van der Waals surface area contributed by atoms with Gasteiger partial charge in [0.2, 0.25) is 10.0 Å². The number of carbonyl (C=O) groups excluding carboxylic acids is 1. The number of aliphatic hydroxyl groups excluding tert-OH is 1. The van der Waals surface area contributed by atoms with E-state index in [1.165, 1.54) is 12.1 Å². The van der Waals surface area contributed by atoms with Crippen LogP contribution in [0.15, 0.2) is 53.4 Å². The Morgan fingerprint density at radius 1 is 1.19 bits per heavy atom. The van der Waals surface area contributed by atoms with Gasteiger partial charge in [-0.25, -0.2) is 8.42 Å². The summed E-state index contributed by atoms with van der Waals surface area (Å²) in [4.78, 5) is 12.7. The second kappa shape index (κ2) is 9.69. The average Bonchev–Trinajstić information content (AvgIpc) is 3.03. The Morgan fingerprint density at radius 3 is 2.48 bits per heavy atom. The summed E-state index contributed by atoms with van der Waals surface area (Å²) < 4.78 is 34.3. The molecule has 6 nitrogen and oxygen atoms in total. The van der Waals surface area contributed by atoms with Crippen molar-refractivity contribution in [3.63, 3.8) is 0 Å². The number of fused-ring (bicyclic) bond motifs is 1. The maximum atomic E-state index is 13.0. The number of benzene rings is 2. The monoisotopic (exact) mass is 465 g/mol. The fourth-order valence-electron chi connectivity index (χ4n) is 3.73. The standard InChI is InChI=1S/C23H28ClNO5S/c1-14(2)12-19(26)21(24)23(27)30-20-13-16-6-4-5-7-18(16)22(20)25-31(28,29)17-10-8-15(3)9-11-17/h4-11,14,19-22,25-26H,12-13H2,1-3H3/t19-,20+,21-,22-/m1/s1. The number of carbonyl (C=O) groups is 1. The van der Waals surface area contributed by atoms with Crippen LogP contribution in [0.1, 0.15) is 43.0 Å². The molecule has 4 atom stereocenters. The van der Waals surface area contributed by atoms with E-state index in [0.29, 0.717) is 12.8 Å². The summed E-state index contributed by atoms with van der Waals surface area (Å²) in [5.41, 5.74) is 2.60. The van der Waals surface area contributed by atoms with Gasteiger partial charge in [-0.15, -0.1) is 11.6 Å². The first-order chi connectivity index (χ1) is 14.6. The molecule has 8 heteroatoms. The number of sulfonamides is 1. The third-order valence-electron chi connectivity index (χ3n) is 5.34. The molecule has 0 aliphatic heterocycles. The molecule has 168 valence electrons. The van der Waals surface area contributed by atoms with Gasteiger partial charge in [-0.1, -0.05) is 55.8 Å². The van der Waals surface area contributed by atoms with Crippen LogP contribution >= 0.6 is 11.6 Å². The van der Waals surface area contributed by atoms with Crippen LogP contribution in [0, 0.1) is 12.8 Å². The molecule has 0 saturated carbocycles. The quantitative estimate of drug-likeness (QED) is 0.459. The van der Waals surface area contributed by atoms with Crippen molar-refractivity contribution in [1.82, 2.24) is 4.72 Å². The van der Waals surface area contributed by atoms with Crippen LogP contribution in [0.3, 0.4) is 0 Å². The van der Waals surface area contributed by atoms with E-state index < -0.39 is 39.6 Å². The number of halogens is 1. The maximum Gasteiger partial charge on any atom is 0.327 e. The minimum absolute atomic E-state index is 0.134. The molecule has 0 bridgehead atoms. The highest BCUT2D eigenvalue weighted by Crippen LogP contribution is 2.35. The molecule has 0 heterocycles. The number of hydrogen-bond acceptors (Lipinski definition) is 5. The van der Waals surface area contributed by atoms with Gasteiger partial charge >= 0.3 is 5.97 Å².